The molecule has 1 amide bonds. The van der Waals surface area contributed by atoms with Gasteiger partial charge in [-0.05, 0) is 46.1 Å². The molecule has 5 nitrogen and oxygen atoms in total. The van der Waals surface area contributed by atoms with Crippen molar-refractivity contribution in [2.45, 2.75) is 51.1 Å². The number of carbonyl (C=O) groups is 1. The smallest absolute Gasteiger partial charge is 0.399 e. The Morgan fingerprint density at radius 3 is 2.48 bits per heavy atom. The molecule has 0 spiro atoms. The topological polar surface area (TPSA) is 63.7 Å². The van der Waals surface area contributed by atoms with Crippen molar-refractivity contribution in [1.29, 1.82) is 0 Å². The maximum atomic E-state index is 11.7. The second-order valence-corrected chi connectivity index (χ2v) is 8.94. The zero-order valence-corrected chi connectivity index (χ0v) is 15.9. The number of nitrogens with zero attached hydrogens (tertiary/aromatic N) is 1. The van der Waals surface area contributed by atoms with E-state index in [0.717, 1.165) is 27.0 Å². The minimum Gasteiger partial charge on any atom is -0.399 e. The molecule has 25 heavy (non-hydrogen) atoms. The van der Waals surface area contributed by atoms with Gasteiger partial charge in [-0.3, -0.25) is 4.79 Å². The SMILES string of the molecule is CC1SC(c2c[nH]c3cc(B4OC(C)(C)C(C)(C)O4)ccc23)=NC1=O. The lowest BCUT2D eigenvalue weighted by Gasteiger charge is -2.32. The van der Waals surface area contributed by atoms with Crippen LogP contribution < -0.4 is 5.46 Å². The van der Waals surface area contributed by atoms with Gasteiger partial charge in [0.15, 0.2) is 0 Å². The van der Waals surface area contributed by atoms with Crippen LogP contribution in [0.4, 0.5) is 0 Å². The van der Waals surface area contributed by atoms with Gasteiger partial charge in [-0.15, -0.1) is 0 Å². The maximum Gasteiger partial charge on any atom is 0.494 e. The Morgan fingerprint density at radius 2 is 1.88 bits per heavy atom. The number of benzene rings is 1. The van der Waals surface area contributed by atoms with Gasteiger partial charge in [0.05, 0.1) is 16.5 Å². The molecule has 2 aliphatic rings. The average molecular weight is 356 g/mol. The third kappa shape index (κ3) is 2.65. The molecule has 0 aliphatic carbocycles. The van der Waals surface area contributed by atoms with Crippen LogP contribution >= 0.6 is 11.8 Å². The predicted molar refractivity (Wildman–Crippen MR) is 103 cm³/mol. The lowest BCUT2D eigenvalue weighted by Crippen LogP contribution is -2.41. The molecule has 7 heteroatoms. The fourth-order valence-electron chi connectivity index (χ4n) is 3.01. The van der Waals surface area contributed by atoms with Crippen molar-refractivity contribution in [3.8, 4) is 0 Å². The van der Waals surface area contributed by atoms with Crippen molar-refractivity contribution in [3.63, 3.8) is 0 Å². The monoisotopic (exact) mass is 356 g/mol. The number of hydrogen-bond donors (Lipinski definition) is 1. The molecule has 0 radical (unpaired) electrons. The first-order chi connectivity index (χ1) is 11.7. The number of fused-ring (bicyclic) bond motifs is 1. The summed E-state index contributed by atoms with van der Waals surface area (Å²) in [4.78, 5) is 19.2. The van der Waals surface area contributed by atoms with Crippen molar-refractivity contribution < 1.29 is 14.1 Å². The van der Waals surface area contributed by atoms with Crippen LogP contribution in [-0.4, -0.2) is 39.5 Å². The Morgan fingerprint density at radius 1 is 1.20 bits per heavy atom. The van der Waals surface area contributed by atoms with Crippen LogP contribution in [0.15, 0.2) is 29.4 Å². The number of hydrogen-bond acceptors (Lipinski definition) is 4. The highest BCUT2D eigenvalue weighted by Crippen LogP contribution is 2.37. The molecule has 0 saturated carbocycles. The van der Waals surface area contributed by atoms with E-state index >= 15 is 0 Å². The van der Waals surface area contributed by atoms with E-state index in [9.17, 15) is 4.79 Å². The van der Waals surface area contributed by atoms with E-state index in [-0.39, 0.29) is 29.5 Å². The van der Waals surface area contributed by atoms with E-state index in [1.54, 1.807) is 0 Å². The molecule has 1 unspecified atom stereocenters. The summed E-state index contributed by atoms with van der Waals surface area (Å²) < 4.78 is 12.3. The summed E-state index contributed by atoms with van der Waals surface area (Å²) in [7, 11) is -0.388. The number of aliphatic imine (C=N–C) groups is 1. The number of aromatic amines is 1. The molecule has 2 aliphatic heterocycles. The molecular weight excluding hydrogens is 335 g/mol. The lowest BCUT2D eigenvalue weighted by atomic mass is 9.79. The van der Waals surface area contributed by atoms with E-state index in [0.29, 0.717) is 0 Å². The Kier molecular flexibility index (Phi) is 3.69. The summed E-state index contributed by atoms with van der Waals surface area (Å²) in [5.41, 5.74) is 2.21. The molecule has 3 heterocycles. The molecule has 130 valence electrons. The molecule has 4 rings (SSSR count). The standard InChI is InChI=1S/C18H21BN2O3S/c1-10-15(22)21-16(25-10)13-9-20-14-8-11(6-7-12(13)14)19-23-17(2,3)18(4,5)24-19/h6-10,20H,1-5H3. The quantitative estimate of drug-likeness (QED) is 0.841. The fraction of sp³-hybridized carbons (Fsp3) is 0.444. The van der Waals surface area contributed by atoms with Crippen LogP contribution in [0.2, 0.25) is 0 Å². The van der Waals surface area contributed by atoms with Gasteiger partial charge in [0.25, 0.3) is 5.91 Å². The zero-order valence-electron chi connectivity index (χ0n) is 15.0. The Labute approximate surface area is 151 Å². The van der Waals surface area contributed by atoms with Gasteiger partial charge in [0, 0.05) is 22.7 Å². The molecule has 2 aromatic rings. The van der Waals surface area contributed by atoms with Crippen LogP contribution in [0.1, 0.15) is 40.2 Å². The summed E-state index contributed by atoms with van der Waals surface area (Å²) in [6.07, 6.45) is 1.91. The first-order valence-corrected chi connectivity index (χ1v) is 9.32. The minimum atomic E-state index is -0.388. The Hall–Kier alpha value is -1.57. The van der Waals surface area contributed by atoms with Crippen molar-refractivity contribution >= 4 is 46.2 Å². The number of thioether (sulfide) groups is 1. The van der Waals surface area contributed by atoms with E-state index < -0.39 is 0 Å². The van der Waals surface area contributed by atoms with Gasteiger partial charge in [-0.1, -0.05) is 23.9 Å². The lowest BCUT2D eigenvalue weighted by molar-refractivity contribution is -0.116. The van der Waals surface area contributed by atoms with Crippen LogP contribution in [0, 0.1) is 0 Å². The van der Waals surface area contributed by atoms with Crippen LogP contribution in [0.3, 0.4) is 0 Å². The first kappa shape index (κ1) is 16.9. The molecule has 1 fully saturated rings. The minimum absolute atomic E-state index is 0.0665. The number of H-pyrrole nitrogens is 1. The number of rotatable bonds is 2. The molecule has 1 atom stereocenters. The van der Waals surface area contributed by atoms with E-state index in [4.69, 9.17) is 9.31 Å². The van der Waals surface area contributed by atoms with E-state index in [1.807, 2.05) is 59.0 Å². The van der Waals surface area contributed by atoms with Gasteiger partial charge >= 0.3 is 7.12 Å². The van der Waals surface area contributed by atoms with Gasteiger partial charge in [-0.25, -0.2) is 4.99 Å². The third-order valence-corrected chi connectivity index (χ3v) is 6.40. The summed E-state index contributed by atoms with van der Waals surface area (Å²) in [5, 5.41) is 1.73. The van der Waals surface area contributed by atoms with Crippen molar-refractivity contribution in [2.75, 3.05) is 0 Å². The third-order valence-electron chi connectivity index (χ3n) is 5.31. The predicted octanol–water partition coefficient (Wildman–Crippen LogP) is 2.88. The number of nitrogens with one attached hydrogen (secondary N) is 1. The van der Waals surface area contributed by atoms with Gasteiger partial charge in [0.2, 0.25) is 0 Å². The molecule has 1 aromatic carbocycles. The second kappa shape index (κ2) is 5.46. The summed E-state index contributed by atoms with van der Waals surface area (Å²) in [6, 6.07) is 6.11. The molecular formula is C18H21BN2O3S. The average Bonchev–Trinajstić information content (AvgIpc) is 3.14. The highest BCUT2D eigenvalue weighted by molar-refractivity contribution is 8.16. The number of carbonyl (C=O) groups excluding carboxylic acids is 1. The van der Waals surface area contributed by atoms with Gasteiger partial charge in [-0.2, -0.15) is 0 Å². The summed E-state index contributed by atoms with van der Waals surface area (Å²) in [5.74, 6) is -0.0665. The normalized spacial score (nSPS) is 25.0. The van der Waals surface area contributed by atoms with Crippen LogP contribution in [-0.2, 0) is 14.1 Å². The second-order valence-electron chi connectivity index (χ2n) is 7.61. The van der Waals surface area contributed by atoms with Crippen molar-refractivity contribution in [2.24, 2.45) is 4.99 Å². The van der Waals surface area contributed by atoms with E-state index in [1.165, 1.54) is 11.8 Å². The Bertz CT molecular complexity index is 887. The zero-order chi connectivity index (χ0) is 18.0. The van der Waals surface area contributed by atoms with Crippen LogP contribution in [0.5, 0.6) is 0 Å². The number of amides is 1. The molecule has 0 bridgehead atoms. The summed E-state index contributed by atoms with van der Waals surface area (Å²) in [6.45, 7) is 10.1. The largest absolute Gasteiger partial charge is 0.494 e. The fourth-order valence-corrected chi connectivity index (χ4v) is 3.93. The van der Waals surface area contributed by atoms with E-state index in [2.05, 4.69) is 9.98 Å². The number of aromatic nitrogens is 1. The van der Waals surface area contributed by atoms with Crippen molar-refractivity contribution in [1.82, 2.24) is 4.98 Å². The molecule has 1 saturated heterocycles. The maximum absolute atomic E-state index is 11.7. The van der Waals surface area contributed by atoms with Crippen molar-refractivity contribution in [3.05, 3.63) is 30.0 Å². The Balaban J connectivity index is 1.68. The van der Waals surface area contributed by atoms with Gasteiger partial charge < -0.3 is 14.3 Å². The first-order valence-electron chi connectivity index (χ1n) is 8.44. The highest BCUT2D eigenvalue weighted by Gasteiger charge is 2.51. The van der Waals surface area contributed by atoms with Crippen LogP contribution in [0.25, 0.3) is 10.9 Å². The summed E-state index contributed by atoms with van der Waals surface area (Å²) >= 11 is 1.51. The molecule has 1 aromatic heterocycles. The van der Waals surface area contributed by atoms with Gasteiger partial charge in [0.1, 0.15) is 5.04 Å². The molecule has 1 N–H and O–H groups in total. The highest BCUT2D eigenvalue weighted by atomic mass is 32.2.